The van der Waals surface area contributed by atoms with Crippen molar-refractivity contribution >= 4 is 25.6 Å². The van der Waals surface area contributed by atoms with Gasteiger partial charge in [-0.25, -0.2) is 4.79 Å². The number of nitrogens with zero attached hydrogens (tertiary/aromatic N) is 2. The molecule has 12 heteroatoms. The number of amides is 2. The third-order valence-electron chi connectivity index (χ3n) is 4.40. The van der Waals surface area contributed by atoms with E-state index in [0.717, 1.165) is 0 Å². The zero-order chi connectivity index (χ0) is 22.1. The lowest BCUT2D eigenvalue weighted by Crippen LogP contribution is -2.52. The third-order valence-corrected chi connectivity index (χ3v) is 5.32. The maximum Gasteiger partial charge on any atom is 0.410 e. The Morgan fingerprint density at radius 1 is 1.00 bits per heavy atom. The predicted molar refractivity (Wildman–Crippen MR) is 104 cm³/mol. The molecule has 1 heterocycles. The van der Waals surface area contributed by atoms with Gasteiger partial charge in [0.25, 0.3) is 0 Å². The summed E-state index contributed by atoms with van der Waals surface area (Å²) in [5, 5.41) is 8.92. The van der Waals surface area contributed by atoms with Crippen molar-refractivity contribution in [2.75, 3.05) is 45.6 Å². The summed E-state index contributed by atoms with van der Waals surface area (Å²) in [6, 6.07) is 9.06. The van der Waals surface area contributed by atoms with E-state index in [1.165, 1.54) is 9.80 Å². The molecule has 3 N–H and O–H groups in total. The van der Waals surface area contributed by atoms with Crippen molar-refractivity contribution in [2.45, 2.75) is 6.42 Å². The number of para-hydroxylation sites is 1. The normalized spacial score (nSPS) is 15.4. The van der Waals surface area contributed by atoms with E-state index >= 15 is 0 Å². The molecular formula is C18H25N2O9P. The van der Waals surface area contributed by atoms with Crippen LogP contribution in [-0.2, 0) is 18.9 Å². The van der Waals surface area contributed by atoms with E-state index in [1.807, 2.05) is 18.2 Å². The van der Waals surface area contributed by atoms with Gasteiger partial charge < -0.3 is 34.2 Å². The highest BCUT2D eigenvalue weighted by Crippen LogP contribution is 2.38. The molecule has 30 heavy (non-hydrogen) atoms. The van der Waals surface area contributed by atoms with Crippen LogP contribution in [0, 0.1) is 5.92 Å². The molecule has 166 valence electrons. The number of carboxylic acids is 1. The highest BCUT2D eigenvalue weighted by atomic mass is 31.2. The lowest BCUT2D eigenvalue weighted by molar-refractivity contribution is -0.144. The number of carbonyl (C=O) groups is 3. The first kappa shape index (κ1) is 23.7. The maximum atomic E-state index is 12.5. The molecule has 1 aromatic carbocycles. The Morgan fingerprint density at radius 2 is 1.60 bits per heavy atom. The summed E-state index contributed by atoms with van der Waals surface area (Å²) in [4.78, 5) is 56.5. The summed E-state index contributed by atoms with van der Waals surface area (Å²) in [7, 11) is -4.56. The molecule has 0 saturated carbocycles. The summed E-state index contributed by atoms with van der Waals surface area (Å²) in [5.41, 5.74) is 0. The minimum Gasteiger partial charge on any atom is -0.490 e. The van der Waals surface area contributed by atoms with Gasteiger partial charge in [0, 0.05) is 26.2 Å². The van der Waals surface area contributed by atoms with Crippen LogP contribution < -0.4 is 4.74 Å². The molecule has 1 aromatic rings. The largest absolute Gasteiger partial charge is 0.490 e. The van der Waals surface area contributed by atoms with Gasteiger partial charge in [-0.3, -0.25) is 14.2 Å². The molecule has 0 aliphatic carbocycles. The first-order valence-electron chi connectivity index (χ1n) is 9.30. The topological polar surface area (TPSA) is 154 Å². The molecular weight excluding hydrogens is 419 g/mol. The van der Waals surface area contributed by atoms with Crippen molar-refractivity contribution in [3.8, 4) is 5.75 Å². The molecule has 1 saturated heterocycles. The van der Waals surface area contributed by atoms with E-state index in [2.05, 4.69) is 0 Å². The second-order valence-corrected chi connectivity index (χ2v) is 8.42. The van der Waals surface area contributed by atoms with Crippen molar-refractivity contribution in [2.24, 2.45) is 5.92 Å². The third kappa shape index (κ3) is 8.02. The van der Waals surface area contributed by atoms with Gasteiger partial charge in [0.15, 0.2) is 0 Å². The summed E-state index contributed by atoms with van der Waals surface area (Å²) in [5.74, 6) is -2.63. The van der Waals surface area contributed by atoms with E-state index in [1.54, 1.807) is 12.1 Å². The fraction of sp³-hybridized carbons (Fsp3) is 0.500. The second kappa shape index (κ2) is 11.0. The van der Waals surface area contributed by atoms with Gasteiger partial charge in [-0.05, 0) is 12.1 Å². The molecule has 1 fully saturated rings. The zero-order valence-corrected chi connectivity index (χ0v) is 17.1. The lowest BCUT2D eigenvalue weighted by Gasteiger charge is -2.35. The Kier molecular flexibility index (Phi) is 8.64. The van der Waals surface area contributed by atoms with Crippen molar-refractivity contribution in [1.29, 1.82) is 0 Å². The second-order valence-electron chi connectivity index (χ2n) is 6.73. The number of piperazine rings is 1. The standard InChI is InChI=1S/C18H25N2O9P/c21-16(22)12-14(13-30(25,26)27)17(23)19-6-8-20(9-7-19)18(24)29-11-10-28-15-4-2-1-3-5-15/h1-5,14H,6-13H2,(H,21,22)(H2,25,26,27). The number of hydrogen-bond donors (Lipinski definition) is 3. The Balaban J connectivity index is 1.76. The summed E-state index contributed by atoms with van der Waals surface area (Å²) >= 11 is 0. The van der Waals surface area contributed by atoms with Crippen molar-refractivity contribution < 1.29 is 43.3 Å². The highest BCUT2D eigenvalue weighted by Gasteiger charge is 2.34. The lowest BCUT2D eigenvalue weighted by atomic mass is 10.1. The summed E-state index contributed by atoms with van der Waals surface area (Å²) in [6.07, 6.45) is -2.06. The zero-order valence-electron chi connectivity index (χ0n) is 16.3. The van der Waals surface area contributed by atoms with Crippen LogP contribution in [-0.4, -0.2) is 88.2 Å². The number of aliphatic carboxylic acids is 1. The van der Waals surface area contributed by atoms with Crippen LogP contribution in [0.1, 0.15) is 6.42 Å². The SMILES string of the molecule is O=C(O)CC(CP(=O)(O)O)C(=O)N1CCN(C(=O)OCCOc2ccccc2)CC1. The molecule has 0 aromatic heterocycles. The van der Waals surface area contributed by atoms with Crippen LogP contribution >= 0.6 is 7.60 Å². The van der Waals surface area contributed by atoms with Crippen molar-refractivity contribution in [1.82, 2.24) is 9.80 Å². The van der Waals surface area contributed by atoms with Crippen molar-refractivity contribution in [3.05, 3.63) is 30.3 Å². The summed E-state index contributed by atoms with van der Waals surface area (Å²) in [6.45, 7) is 0.806. The number of carbonyl (C=O) groups excluding carboxylic acids is 2. The molecule has 2 amide bonds. The molecule has 1 atom stereocenters. The van der Waals surface area contributed by atoms with Crippen LogP contribution in [0.25, 0.3) is 0 Å². The van der Waals surface area contributed by atoms with Gasteiger partial charge in [-0.2, -0.15) is 0 Å². The number of ether oxygens (including phenoxy) is 2. The van der Waals surface area contributed by atoms with Crippen LogP contribution in [0.5, 0.6) is 5.75 Å². The monoisotopic (exact) mass is 444 g/mol. The maximum absolute atomic E-state index is 12.5. The molecule has 1 aliphatic rings. The Hall–Kier alpha value is -2.62. The molecule has 0 spiro atoms. The minimum absolute atomic E-state index is 0.0514. The van der Waals surface area contributed by atoms with Crippen LogP contribution in [0.2, 0.25) is 0 Å². The Bertz CT molecular complexity index is 775. The van der Waals surface area contributed by atoms with E-state index in [4.69, 9.17) is 24.4 Å². The number of hydrogen-bond acceptors (Lipinski definition) is 6. The van der Waals surface area contributed by atoms with E-state index in [0.29, 0.717) is 5.75 Å². The highest BCUT2D eigenvalue weighted by molar-refractivity contribution is 7.51. The average molecular weight is 444 g/mol. The number of carboxylic acid groups (broad SMARTS) is 1. The van der Waals surface area contributed by atoms with Gasteiger partial charge in [0.2, 0.25) is 5.91 Å². The van der Waals surface area contributed by atoms with Crippen LogP contribution in [0.15, 0.2) is 30.3 Å². The molecule has 0 bridgehead atoms. The average Bonchev–Trinajstić information content (AvgIpc) is 2.69. The molecule has 0 radical (unpaired) electrons. The van der Waals surface area contributed by atoms with Gasteiger partial charge in [-0.1, -0.05) is 18.2 Å². The molecule has 1 unspecified atom stereocenters. The quantitative estimate of drug-likeness (QED) is 0.367. The fourth-order valence-corrected chi connectivity index (χ4v) is 3.85. The first-order valence-corrected chi connectivity index (χ1v) is 11.1. The smallest absolute Gasteiger partial charge is 0.410 e. The van der Waals surface area contributed by atoms with Gasteiger partial charge >= 0.3 is 19.7 Å². The fourth-order valence-electron chi connectivity index (χ4n) is 2.99. The molecule has 11 nitrogen and oxygen atoms in total. The number of rotatable bonds is 9. The van der Waals surface area contributed by atoms with E-state index < -0.39 is 44.1 Å². The molecule has 1 aliphatic heterocycles. The van der Waals surface area contributed by atoms with Gasteiger partial charge in [0.05, 0.1) is 18.5 Å². The molecule has 2 rings (SSSR count). The summed E-state index contributed by atoms with van der Waals surface area (Å²) < 4.78 is 21.8. The van der Waals surface area contributed by atoms with Crippen LogP contribution in [0.4, 0.5) is 4.79 Å². The minimum atomic E-state index is -4.56. The van der Waals surface area contributed by atoms with Crippen molar-refractivity contribution in [3.63, 3.8) is 0 Å². The predicted octanol–water partition coefficient (Wildman–Crippen LogP) is 0.615. The van der Waals surface area contributed by atoms with Crippen LogP contribution in [0.3, 0.4) is 0 Å². The van der Waals surface area contributed by atoms with E-state index in [-0.39, 0.29) is 39.4 Å². The van der Waals surface area contributed by atoms with E-state index in [9.17, 15) is 18.9 Å². The van der Waals surface area contributed by atoms with Gasteiger partial charge in [-0.15, -0.1) is 0 Å². The number of benzene rings is 1. The Labute approximate surface area is 173 Å². The Morgan fingerprint density at radius 3 is 2.17 bits per heavy atom. The van der Waals surface area contributed by atoms with Gasteiger partial charge in [0.1, 0.15) is 19.0 Å². The first-order chi connectivity index (χ1) is 14.2.